The molecule has 0 fully saturated rings. The van der Waals surface area contributed by atoms with Gasteiger partial charge in [-0.1, -0.05) is 12.1 Å². The molecule has 2 aromatic heterocycles. The highest BCUT2D eigenvalue weighted by atomic mass is 15.3. The molecule has 0 amide bonds. The Balaban J connectivity index is 2.29. The van der Waals surface area contributed by atoms with Crippen molar-refractivity contribution in [1.82, 2.24) is 14.8 Å². The normalized spacial score (nSPS) is 10.8. The number of nitrogens with one attached hydrogen (secondary N) is 1. The third kappa shape index (κ3) is 1.71. The first-order valence-corrected chi connectivity index (χ1v) is 6.29. The molecule has 4 nitrogen and oxygen atoms in total. The van der Waals surface area contributed by atoms with Crippen molar-refractivity contribution in [3.8, 4) is 17.3 Å². The lowest BCUT2D eigenvalue weighted by molar-refractivity contribution is 0.661. The van der Waals surface area contributed by atoms with Gasteiger partial charge in [-0.25, -0.2) is 0 Å². The van der Waals surface area contributed by atoms with Gasteiger partial charge in [0.25, 0.3) is 0 Å². The van der Waals surface area contributed by atoms with Crippen LogP contribution in [0.5, 0.6) is 0 Å². The molecule has 1 aromatic carbocycles. The highest BCUT2D eigenvalue weighted by molar-refractivity contribution is 5.97. The summed E-state index contributed by atoms with van der Waals surface area (Å²) in [6.45, 7) is 4.89. The lowest BCUT2D eigenvalue weighted by Crippen LogP contribution is -1.98. The van der Waals surface area contributed by atoms with Gasteiger partial charge in [0.2, 0.25) is 0 Å². The molecule has 19 heavy (non-hydrogen) atoms. The van der Waals surface area contributed by atoms with Gasteiger partial charge < -0.3 is 4.98 Å². The van der Waals surface area contributed by atoms with E-state index < -0.39 is 0 Å². The smallest absolute Gasteiger partial charge is 0.101 e. The number of H-pyrrole nitrogens is 1. The predicted molar refractivity (Wildman–Crippen MR) is 74.6 cm³/mol. The van der Waals surface area contributed by atoms with Crippen molar-refractivity contribution in [3.63, 3.8) is 0 Å². The van der Waals surface area contributed by atoms with Gasteiger partial charge >= 0.3 is 0 Å². The van der Waals surface area contributed by atoms with Crippen molar-refractivity contribution in [2.24, 2.45) is 0 Å². The Hall–Kier alpha value is -2.54. The van der Waals surface area contributed by atoms with Crippen molar-refractivity contribution < 1.29 is 0 Å². The van der Waals surface area contributed by atoms with E-state index in [1.54, 1.807) is 0 Å². The van der Waals surface area contributed by atoms with Gasteiger partial charge in [0.05, 0.1) is 22.5 Å². The Labute approximate surface area is 111 Å². The van der Waals surface area contributed by atoms with Crippen molar-refractivity contribution >= 4 is 10.9 Å². The van der Waals surface area contributed by atoms with E-state index in [-0.39, 0.29) is 0 Å². The van der Waals surface area contributed by atoms with Gasteiger partial charge in [-0.3, -0.25) is 4.68 Å². The second-order valence-electron chi connectivity index (χ2n) is 4.53. The topological polar surface area (TPSA) is 57.4 Å². The number of rotatable bonds is 2. The summed E-state index contributed by atoms with van der Waals surface area (Å²) in [4.78, 5) is 3.20. The van der Waals surface area contributed by atoms with E-state index in [9.17, 15) is 0 Å². The van der Waals surface area contributed by atoms with Crippen LogP contribution in [0.3, 0.4) is 0 Å². The van der Waals surface area contributed by atoms with E-state index in [1.807, 2.05) is 36.0 Å². The molecule has 3 rings (SSSR count). The molecule has 0 radical (unpaired) electrons. The monoisotopic (exact) mass is 250 g/mol. The minimum absolute atomic E-state index is 0.669. The van der Waals surface area contributed by atoms with Gasteiger partial charge in [-0.15, -0.1) is 0 Å². The molecular formula is C15H14N4. The molecule has 0 bridgehead atoms. The second-order valence-corrected chi connectivity index (χ2v) is 4.53. The van der Waals surface area contributed by atoms with Crippen LogP contribution in [0.2, 0.25) is 0 Å². The van der Waals surface area contributed by atoms with Crippen LogP contribution >= 0.6 is 0 Å². The quantitative estimate of drug-likeness (QED) is 0.759. The van der Waals surface area contributed by atoms with Crippen LogP contribution in [0.1, 0.15) is 18.2 Å². The maximum Gasteiger partial charge on any atom is 0.101 e. The molecule has 0 saturated carbocycles. The van der Waals surface area contributed by atoms with Crippen LogP contribution in [0, 0.1) is 18.3 Å². The number of aromatic nitrogens is 3. The fraction of sp³-hybridized carbons (Fsp3) is 0.200. The van der Waals surface area contributed by atoms with Crippen molar-refractivity contribution in [1.29, 1.82) is 5.26 Å². The number of para-hydroxylation sites is 1. The molecule has 0 saturated heterocycles. The molecule has 0 aliphatic heterocycles. The summed E-state index contributed by atoms with van der Waals surface area (Å²) in [5.41, 5.74) is 4.74. The zero-order valence-electron chi connectivity index (χ0n) is 10.9. The molecule has 0 aliphatic rings. The number of benzene rings is 1. The van der Waals surface area contributed by atoms with Crippen LogP contribution in [-0.4, -0.2) is 14.8 Å². The lowest BCUT2D eigenvalue weighted by Gasteiger charge is -2.03. The molecule has 2 heterocycles. The van der Waals surface area contributed by atoms with Crippen LogP contribution in [-0.2, 0) is 6.54 Å². The highest BCUT2D eigenvalue weighted by Crippen LogP contribution is 2.30. The third-order valence-electron chi connectivity index (χ3n) is 3.31. The largest absolute Gasteiger partial charge is 0.359 e. The number of hydrogen-bond acceptors (Lipinski definition) is 2. The Bertz CT molecular complexity index is 786. The minimum Gasteiger partial charge on any atom is -0.359 e. The fourth-order valence-corrected chi connectivity index (χ4v) is 2.46. The van der Waals surface area contributed by atoms with E-state index in [4.69, 9.17) is 5.26 Å². The summed E-state index contributed by atoms with van der Waals surface area (Å²) >= 11 is 0. The van der Waals surface area contributed by atoms with E-state index in [0.717, 1.165) is 34.4 Å². The number of fused-ring (bicyclic) bond motifs is 1. The molecule has 0 unspecified atom stereocenters. The number of aryl methyl sites for hydroxylation is 2. The summed E-state index contributed by atoms with van der Waals surface area (Å²) in [5.74, 6) is 0. The van der Waals surface area contributed by atoms with Crippen molar-refractivity contribution in [2.45, 2.75) is 20.4 Å². The van der Waals surface area contributed by atoms with E-state index in [2.05, 4.69) is 29.1 Å². The average molecular weight is 250 g/mol. The first kappa shape index (κ1) is 11.5. The van der Waals surface area contributed by atoms with Crippen LogP contribution in [0.25, 0.3) is 22.2 Å². The second kappa shape index (κ2) is 4.29. The van der Waals surface area contributed by atoms with Crippen LogP contribution in [0.15, 0.2) is 30.5 Å². The maximum absolute atomic E-state index is 9.13. The predicted octanol–water partition coefficient (Wildman–Crippen LogP) is 3.23. The van der Waals surface area contributed by atoms with Gasteiger partial charge in [0, 0.05) is 23.7 Å². The zero-order valence-corrected chi connectivity index (χ0v) is 10.9. The number of hydrogen-bond donors (Lipinski definition) is 1. The highest BCUT2D eigenvalue weighted by Gasteiger charge is 2.13. The molecule has 4 heteroatoms. The standard InChI is InChI=1S/C15H14N4/c1-3-19-14(7-10(2)18-19)13-9-17-15-11(8-16)5-4-6-12(13)15/h4-7,9,17H,3H2,1-2H3. The molecule has 1 N–H and O–H groups in total. The molecule has 94 valence electrons. The average Bonchev–Trinajstić information content (AvgIpc) is 3.00. The van der Waals surface area contributed by atoms with Gasteiger partial charge in [0.15, 0.2) is 0 Å². The van der Waals surface area contributed by atoms with Gasteiger partial charge in [-0.2, -0.15) is 10.4 Å². The zero-order chi connectivity index (χ0) is 13.4. The SMILES string of the molecule is CCn1nc(C)cc1-c1c[nH]c2c(C#N)cccc12. The Morgan fingerprint density at radius 3 is 3.00 bits per heavy atom. The van der Waals surface area contributed by atoms with Gasteiger partial charge in [-0.05, 0) is 26.0 Å². The van der Waals surface area contributed by atoms with E-state index in [0.29, 0.717) is 5.56 Å². The lowest BCUT2D eigenvalue weighted by atomic mass is 10.1. The molecular weight excluding hydrogens is 236 g/mol. The fourth-order valence-electron chi connectivity index (χ4n) is 2.46. The first-order valence-electron chi connectivity index (χ1n) is 6.29. The van der Waals surface area contributed by atoms with E-state index in [1.165, 1.54) is 0 Å². The Kier molecular flexibility index (Phi) is 2.60. The Morgan fingerprint density at radius 2 is 2.26 bits per heavy atom. The first-order chi connectivity index (χ1) is 9.24. The van der Waals surface area contributed by atoms with Crippen LogP contribution in [0.4, 0.5) is 0 Å². The van der Waals surface area contributed by atoms with Gasteiger partial charge in [0.1, 0.15) is 6.07 Å². The summed E-state index contributed by atoms with van der Waals surface area (Å²) < 4.78 is 1.98. The number of aromatic amines is 1. The van der Waals surface area contributed by atoms with Crippen molar-refractivity contribution in [3.05, 3.63) is 41.7 Å². The number of nitriles is 1. The van der Waals surface area contributed by atoms with Crippen LogP contribution < -0.4 is 0 Å². The third-order valence-corrected chi connectivity index (χ3v) is 3.31. The summed E-state index contributed by atoms with van der Waals surface area (Å²) in [5, 5.41) is 14.7. The molecule has 3 aromatic rings. The molecule has 0 aliphatic carbocycles. The molecule has 0 atom stereocenters. The number of nitrogens with zero attached hydrogens (tertiary/aromatic N) is 3. The summed E-state index contributed by atoms with van der Waals surface area (Å²) in [6, 6.07) is 10.1. The molecule has 0 spiro atoms. The van der Waals surface area contributed by atoms with E-state index >= 15 is 0 Å². The summed E-state index contributed by atoms with van der Waals surface area (Å²) in [7, 11) is 0. The minimum atomic E-state index is 0.669. The summed E-state index contributed by atoms with van der Waals surface area (Å²) in [6.07, 6.45) is 1.95. The Morgan fingerprint density at radius 1 is 1.42 bits per heavy atom. The maximum atomic E-state index is 9.13. The van der Waals surface area contributed by atoms with Crippen molar-refractivity contribution in [2.75, 3.05) is 0 Å².